The Bertz CT molecular complexity index is 755. The summed E-state index contributed by atoms with van der Waals surface area (Å²) in [7, 11) is 0. The molecule has 4 rings (SSSR count). The summed E-state index contributed by atoms with van der Waals surface area (Å²) in [5.74, 6) is 0. The van der Waals surface area contributed by atoms with Crippen LogP contribution in [0, 0.1) is 13.8 Å². The average molecular weight is 368 g/mol. The van der Waals surface area contributed by atoms with Gasteiger partial charge in [-0.2, -0.15) is 0 Å². The van der Waals surface area contributed by atoms with Gasteiger partial charge in [-0.25, -0.2) is 0 Å². The van der Waals surface area contributed by atoms with Gasteiger partial charge in [0.25, 0.3) is 0 Å². The Kier molecular flexibility index (Phi) is 5.28. The first-order valence-corrected chi connectivity index (χ1v) is 10.9. The number of para-hydroxylation sites is 1. The molecule has 2 aliphatic rings. The van der Waals surface area contributed by atoms with Crippen LogP contribution in [0.25, 0.3) is 0 Å². The lowest BCUT2D eigenvalue weighted by molar-refractivity contribution is -0.932. The van der Waals surface area contributed by atoms with E-state index < -0.39 is 0 Å². The largest absolute Gasteiger partial charge is 0.359 e. The molecular weight excluding hydrogens is 336 g/mol. The van der Waals surface area contributed by atoms with Crippen molar-refractivity contribution in [2.45, 2.75) is 42.9 Å². The molecule has 0 atom stereocenters. The lowest BCUT2D eigenvalue weighted by Crippen LogP contribution is -2.61. The SMILES string of the molecule is Cc1ccc(Sc2ccccc2N2CC[N+]3(CCCCC3)CC2)c(C)c1. The molecule has 2 saturated heterocycles. The number of benzene rings is 2. The molecule has 2 aliphatic heterocycles. The van der Waals surface area contributed by atoms with E-state index in [0.717, 1.165) is 0 Å². The quantitative estimate of drug-likeness (QED) is 0.679. The van der Waals surface area contributed by atoms with E-state index >= 15 is 0 Å². The van der Waals surface area contributed by atoms with Gasteiger partial charge in [0.15, 0.2) is 0 Å². The second-order valence-corrected chi connectivity index (χ2v) is 9.21. The molecule has 2 nitrogen and oxygen atoms in total. The highest BCUT2D eigenvalue weighted by molar-refractivity contribution is 7.99. The van der Waals surface area contributed by atoms with Gasteiger partial charge in [-0.1, -0.05) is 41.6 Å². The fourth-order valence-corrected chi connectivity index (χ4v) is 5.64. The van der Waals surface area contributed by atoms with Crippen molar-refractivity contribution in [1.29, 1.82) is 0 Å². The van der Waals surface area contributed by atoms with Gasteiger partial charge in [-0.15, -0.1) is 0 Å². The second kappa shape index (κ2) is 7.66. The number of rotatable bonds is 3. The van der Waals surface area contributed by atoms with Gasteiger partial charge < -0.3 is 9.38 Å². The van der Waals surface area contributed by atoms with E-state index in [1.165, 1.54) is 89.6 Å². The van der Waals surface area contributed by atoms with E-state index in [4.69, 9.17) is 0 Å². The van der Waals surface area contributed by atoms with Crippen LogP contribution in [0.3, 0.4) is 0 Å². The minimum Gasteiger partial charge on any atom is -0.359 e. The number of hydrogen-bond acceptors (Lipinski definition) is 2. The third-order valence-corrected chi connectivity index (χ3v) is 7.45. The minimum atomic E-state index is 1.20. The zero-order valence-corrected chi connectivity index (χ0v) is 17.0. The minimum absolute atomic E-state index is 1.20. The zero-order chi connectivity index (χ0) is 18.0. The Hall–Kier alpha value is -1.45. The zero-order valence-electron chi connectivity index (χ0n) is 16.2. The molecule has 0 N–H and O–H groups in total. The molecule has 2 aromatic carbocycles. The summed E-state index contributed by atoms with van der Waals surface area (Å²) in [5, 5.41) is 0. The molecule has 138 valence electrons. The third kappa shape index (κ3) is 3.79. The van der Waals surface area contributed by atoms with Gasteiger partial charge in [0.2, 0.25) is 0 Å². The Labute approximate surface area is 162 Å². The summed E-state index contributed by atoms with van der Waals surface area (Å²) >= 11 is 1.92. The lowest BCUT2D eigenvalue weighted by Gasteiger charge is -2.47. The normalized spacial score (nSPS) is 19.7. The lowest BCUT2D eigenvalue weighted by atomic mass is 10.1. The molecule has 2 fully saturated rings. The van der Waals surface area contributed by atoms with E-state index in [2.05, 4.69) is 61.2 Å². The monoisotopic (exact) mass is 367 g/mol. The smallest absolute Gasteiger partial charge is 0.0965 e. The fourth-order valence-electron chi connectivity index (χ4n) is 4.60. The van der Waals surface area contributed by atoms with Crippen LogP contribution < -0.4 is 4.90 Å². The van der Waals surface area contributed by atoms with Gasteiger partial charge in [-0.3, -0.25) is 0 Å². The van der Waals surface area contributed by atoms with Crippen molar-refractivity contribution < 1.29 is 4.48 Å². The van der Waals surface area contributed by atoms with Crippen LogP contribution >= 0.6 is 11.8 Å². The fraction of sp³-hybridized carbons (Fsp3) is 0.478. The maximum absolute atomic E-state index is 2.63. The number of hydrogen-bond donors (Lipinski definition) is 0. The van der Waals surface area contributed by atoms with Crippen LogP contribution in [-0.2, 0) is 0 Å². The standard InChI is InChI=1S/C23H31N2S/c1-19-10-11-22(20(2)18-19)26-23-9-5-4-8-21(23)24-12-16-25(17-13-24)14-6-3-7-15-25/h4-5,8-11,18H,3,6-7,12-17H2,1-2H3/q+1. The van der Waals surface area contributed by atoms with Crippen molar-refractivity contribution in [3.63, 3.8) is 0 Å². The summed E-state index contributed by atoms with van der Waals surface area (Å²) in [6.45, 7) is 12.3. The Morgan fingerprint density at radius 2 is 1.54 bits per heavy atom. The van der Waals surface area contributed by atoms with Gasteiger partial charge in [-0.05, 0) is 56.9 Å². The van der Waals surface area contributed by atoms with Crippen molar-refractivity contribution in [2.75, 3.05) is 44.2 Å². The van der Waals surface area contributed by atoms with Crippen molar-refractivity contribution >= 4 is 17.4 Å². The molecule has 0 amide bonds. The molecule has 2 aromatic rings. The van der Waals surface area contributed by atoms with Crippen molar-refractivity contribution in [2.24, 2.45) is 0 Å². The van der Waals surface area contributed by atoms with E-state index in [1.54, 1.807) is 0 Å². The van der Waals surface area contributed by atoms with E-state index in [1.807, 2.05) is 11.8 Å². The summed E-state index contributed by atoms with van der Waals surface area (Å²) < 4.78 is 1.38. The van der Waals surface area contributed by atoms with Crippen LogP contribution in [0.15, 0.2) is 52.3 Å². The number of quaternary nitrogens is 1. The molecule has 0 radical (unpaired) electrons. The molecule has 0 unspecified atom stereocenters. The second-order valence-electron chi connectivity index (χ2n) is 8.12. The van der Waals surface area contributed by atoms with E-state index in [9.17, 15) is 0 Å². The number of piperidine rings is 1. The third-order valence-electron chi connectivity index (χ3n) is 6.21. The van der Waals surface area contributed by atoms with Crippen molar-refractivity contribution in [1.82, 2.24) is 0 Å². The van der Waals surface area contributed by atoms with Crippen molar-refractivity contribution in [3.8, 4) is 0 Å². The Morgan fingerprint density at radius 1 is 0.808 bits per heavy atom. The Morgan fingerprint density at radius 3 is 2.27 bits per heavy atom. The van der Waals surface area contributed by atoms with Crippen LogP contribution in [-0.4, -0.2) is 43.8 Å². The number of aryl methyl sites for hydroxylation is 2. The highest BCUT2D eigenvalue weighted by atomic mass is 32.2. The number of piperazine rings is 1. The first-order valence-electron chi connectivity index (χ1n) is 10.1. The van der Waals surface area contributed by atoms with E-state index in [-0.39, 0.29) is 0 Å². The maximum Gasteiger partial charge on any atom is 0.0965 e. The van der Waals surface area contributed by atoms with Gasteiger partial charge in [0.05, 0.1) is 45.0 Å². The molecule has 0 saturated carbocycles. The van der Waals surface area contributed by atoms with Gasteiger partial charge in [0.1, 0.15) is 0 Å². The van der Waals surface area contributed by atoms with E-state index in [0.29, 0.717) is 0 Å². The summed E-state index contributed by atoms with van der Waals surface area (Å²) in [4.78, 5) is 5.40. The predicted octanol–water partition coefficient (Wildman–Crippen LogP) is 5.28. The van der Waals surface area contributed by atoms with Crippen LogP contribution in [0.1, 0.15) is 30.4 Å². The molecule has 3 heteroatoms. The van der Waals surface area contributed by atoms with Crippen LogP contribution in [0.5, 0.6) is 0 Å². The summed E-state index contributed by atoms with van der Waals surface area (Å²) in [6.07, 6.45) is 4.30. The molecule has 1 spiro atoms. The highest BCUT2D eigenvalue weighted by Gasteiger charge is 2.34. The number of nitrogens with zero attached hydrogens (tertiary/aromatic N) is 2. The van der Waals surface area contributed by atoms with Gasteiger partial charge in [0, 0.05) is 9.79 Å². The molecule has 0 aromatic heterocycles. The molecule has 0 aliphatic carbocycles. The summed E-state index contributed by atoms with van der Waals surface area (Å²) in [5.41, 5.74) is 4.14. The molecular formula is C23H31N2S+. The number of anilines is 1. The van der Waals surface area contributed by atoms with Crippen LogP contribution in [0.2, 0.25) is 0 Å². The van der Waals surface area contributed by atoms with Crippen LogP contribution in [0.4, 0.5) is 5.69 Å². The Balaban J connectivity index is 1.51. The predicted molar refractivity (Wildman–Crippen MR) is 112 cm³/mol. The maximum atomic E-state index is 2.63. The first kappa shape index (κ1) is 17.9. The van der Waals surface area contributed by atoms with Gasteiger partial charge >= 0.3 is 0 Å². The molecule has 0 bridgehead atoms. The molecule has 26 heavy (non-hydrogen) atoms. The summed E-state index contributed by atoms with van der Waals surface area (Å²) in [6, 6.07) is 15.8. The average Bonchev–Trinajstić information content (AvgIpc) is 2.66. The highest BCUT2D eigenvalue weighted by Crippen LogP contribution is 2.38. The first-order chi connectivity index (χ1) is 12.7. The van der Waals surface area contributed by atoms with Crippen molar-refractivity contribution in [3.05, 3.63) is 53.6 Å². The topological polar surface area (TPSA) is 3.24 Å². The molecule has 2 heterocycles.